The molecule has 0 aliphatic carbocycles. The van der Waals surface area contributed by atoms with Gasteiger partial charge in [-0.05, 0) is 60.4 Å². The van der Waals surface area contributed by atoms with Crippen molar-refractivity contribution in [1.29, 1.82) is 0 Å². The summed E-state index contributed by atoms with van der Waals surface area (Å²) in [5.41, 5.74) is 0.967. The molecule has 4 nitrogen and oxygen atoms in total. The molecule has 1 fully saturated rings. The zero-order chi connectivity index (χ0) is 13.7. The molecule has 0 radical (unpaired) electrons. The minimum atomic E-state index is 0.0291. The number of hydrogen-bond acceptors (Lipinski definition) is 4. The smallest absolute Gasteiger partial charge is 0.235 e. The number of halogens is 1. The van der Waals surface area contributed by atoms with Gasteiger partial charge in [0.25, 0.3) is 0 Å². The Morgan fingerprint density at radius 1 is 1.58 bits per heavy atom. The van der Waals surface area contributed by atoms with Gasteiger partial charge in [-0.2, -0.15) is 0 Å². The van der Waals surface area contributed by atoms with Gasteiger partial charge in [0.2, 0.25) is 5.91 Å². The molecule has 1 aromatic heterocycles. The van der Waals surface area contributed by atoms with Gasteiger partial charge in [0.05, 0.1) is 5.75 Å². The molecule has 1 aromatic rings. The fourth-order valence-electron chi connectivity index (χ4n) is 2.00. The topological polar surface area (TPSA) is 54.0 Å². The Balaban J connectivity index is 1.80. The average Bonchev–Trinajstić information content (AvgIpc) is 2.41. The Labute approximate surface area is 126 Å². The third-order valence-electron chi connectivity index (χ3n) is 3.04. The van der Waals surface area contributed by atoms with Crippen LogP contribution in [0.4, 0.5) is 5.82 Å². The Morgan fingerprint density at radius 2 is 2.32 bits per heavy atom. The number of rotatable bonds is 4. The minimum absolute atomic E-state index is 0.0291. The largest absolute Gasteiger partial charge is 0.317 e. The lowest BCUT2D eigenvalue weighted by Gasteiger charge is -2.21. The van der Waals surface area contributed by atoms with Crippen LogP contribution in [-0.2, 0) is 4.79 Å². The summed E-state index contributed by atoms with van der Waals surface area (Å²) in [6, 6.07) is 1.95. The molecular weight excluding hydrogens is 326 g/mol. The molecule has 1 aliphatic rings. The predicted molar refractivity (Wildman–Crippen MR) is 83.7 cm³/mol. The average molecular weight is 344 g/mol. The molecule has 0 saturated carbocycles. The number of amides is 1. The molecular formula is C13H18BrN3OS. The van der Waals surface area contributed by atoms with Crippen LogP contribution >= 0.6 is 27.7 Å². The maximum Gasteiger partial charge on any atom is 0.235 e. The molecule has 0 atom stereocenters. The number of thioether (sulfide) groups is 1. The molecule has 0 unspecified atom stereocenters. The first-order valence-electron chi connectivity index (χ1n) is 6.39. The summed E-state index contributed by atoms with van der Waals surface area (Å²) in [5.74, 6) is 1.18. The fraction of sp³-hybridized carbons (Fsp3) is 0.538. The van der Waals surface area contributed by atoms with Gasteiger partial charge in [0, 0.05) is 15.9 Å². The van der Waals surface area contributed by atoms with Crippen LogP contribution in [0.15, 0.2) is 16.7 Å². The van der Waals surface area contributed by atoms with E-state index in [0.29, 0.717) is 16.8 Å². The number of anilines is 1. The van der Waals surface area contributed by atoms with Gasteiger partial charge < -0.3 is 10.6 Å². The van der Waals surface area contributed by atoms with E-state index in [-0.39, 0.29) is 5.91 Å². The van der Waals surface area contributed by atoms with E-state index < -0.39 is 0 Å². The number of piperidine rings is 1. The van der Waals surface area contributed by atoms with E-state index in [1.165, 1.54) is 0 Å². The van der Waals surface area contributed by atoms with E-state index in [9.17, 15) is 4.79 Å². The summed E-state index contributed by atoms with van der Waals surface area (Å²) in [5, 5.41) is 6.80. The van der Waals surface area contributed by atoms with Crippen molar-refractivity contribution < 1.29 is 4.79 Å². The number of nitrogens with one attached hydrogen (secondary N) is 2. The summed E-state index contributed by atoms with van der Waals surface area (Å²) >= 11 is 5.10. The summed E-state index contributed by atoms with van der Waals surface area (Å²) in [6.07, 6.45) is 3.99. The second-order valence-corrected chi connectivity index (χ2v) is 6.83. The van der Waals surface area contributed by atoms with Crippen LogP contribution in [0, 0.1) is 6.92 Å². The molecule has 19 heavy (non-hydrogen) atoms. The standard InChI is InChI=1S/C13H18BrN3OS/c1-9-6-10(14)7-16-13(9)17-12(18)8-19-11-2-4-15-5-3-11/h6-7,11,15H,2-5,8H2,1H3,(H,16,17,18). The number of carbonyl (C=O) groups excluding carboxylic acids is 1. The van der Waals surface area contributed by atoms with E-state index >= 15 is 0 Å². The number of nitrogens with zero attached hydrogens (tertiary/aromatic N) is 1. The van der Waals surface area contributed by atoms with Gasteiger partial charge in [0.1, 0.15) is 5.82 Å². The highest BCUT2D eigenvalue weighted by Gasteiger charge is 2.15. The summed E-state index contributed by atoms with van der Waals surface area (Å²) in [7, 11) is 0. The van der Waals surface area contributed by atoms with Crippen molar-refractivity contribution in [3.8, 4) is 0 Å². The monoisotopic (exact) mass is 343 g/mol. The second kappa shape index (κ2) is 7.26. The van der Waals surface area contributed by atoms with Crippen LogP contribution < -0.4 is 10.6 Å². The van der Waals surface area contributed by atoms with Crippen LogP contribution in [0.5, 0.6) is 0 Å². The number of hydrogen-bond donors (Lipinski definition) is 2. The highest BCUT2D eigenvalue weighted by Crippen LogP contribution is 2.21. The first-order chi connectivity index (χ1) is 9.15. The molecule has 0 aromatic carbocycles. The Bertz CT molecular complexity index is 450. The second-order valence-electron chi connectivity index (χ2n) is 4.63. The van der Waals surface area contributed by atoms with E-state index in [1.54, 1.807) is 18.0 Å². The lowest BCUT2D eigenvalue weighted by atomic mass is 10.2. The third-order valence-corrected chi connectivity index (χ3v) is 4.84. The third kappa shape index (κ3) is 4.78. The first kappa shape index (κ1) is 14.8. The molecule has 1 amide bonds. The summed E-state index contributed by atoms with van der Waals surface area (Å²) in [4.78, 5) is 16.1. The van der Waals surface area contributed by atoms with Gasteiger partial charge >= 0.3 is 0 Å². The van der Waals surface area contributed by atoms with Crippen molar-refractivity contribution in [2.45, 2.75) is 25.0 Å². The SMILES string of the molecule is Cc1cc(Br)cnc1NC(=O)CSC1CCNCC1. The van der Waals surface area contributed by atoms with Crippen molar-refractivity contribution in [2.75, 3.05) is 24.2 Å². The summed E-state index contributed by atoms with van der Waals surface area (Å²) in [6.45, 7) is 4.06. The molecule has 2 N–H and O–H groups in total. The van der Waals surface area contributed by atoms with E-state index in [1.807, 2.05) is 13.0 Å². The molecule has 0 spiro atoms. The zero-order valence-corrected chi connectivity index (χ0v) is 13.3. The lowest BCUT2D eigenvalue weighted by molar-refractivity contribution is -0.113. The van der Waals surface area contributed by atoms with Gasteiger partial charge in [-0.25, -0.2) is 4.98 Å². The van der Waals surface area contributed by atoms with Crippen molar-refractivity contribution in [2.24, 2.45) is 0 Å². The number of pyridine rings is 1. The van der Waals surface area contributed by atoms with Gasteiger partial charge in [-0.1, -0.05) is 0 Å². The fourth-order valence-corrected chi connectivity index (χ4v) is 3.47. The summed E-state index contributed by atoms with van der Waals surface area (Å²) < 4.78 is 0.923. The van der Waals surface area contributed by atoms with Crippen molar-refractivity contribution >= 4 is 39.4 Å². The van der Waals surface area contributed by atoms with Gasteiger partial charge in [0.15, 0.2) is 0 Å². The van der Waals surface area contributed by atoms with Crippen molar-refractivity contribution in [3.05, 3.63) is 22.3 Å². The van der Waals surface area contributed by atoms with Gasteiger partial charge in [-0.3, -0.25) is 4.79 Å². The molecule has 1 aliphatic heterocycles. The minimum Gasteiger partial charge on any atom is -0.317 e. The predicted octanol–water partition coefficient (Wildman–Crippen LogP) is 2.58. The highest BCUT2D eigenvalue weighted by atomic mass is 79.9. The van der Waals surface area contributed by atoms with E-state index in [2.05, 4.69) is 31.5 Å². The quantitative estimate of drug-likeness (QED) is 0.882. The lowest BCUT2D eigenvalue weighted by Crippen LogP contribution is -2.30. The molecule has 2 rings (SSSR count). The van der Waals surface area contributed by atoms with Crippen LogP contribution in [0.1, 0.15) is 18.4 Å². The Morgan fingerprint density at radius 3 is 3.00 bits per heavy atom. The van der Waals surface area contributed by atoms with Crippen LogP contribution in [0.25, 0.3) is 0 Å². The maximum atomic E-state index is 11.9. The Kier molecular flexibility index (Phi) is 5.66. The first-order valence-corrected chi connectivity index (χ1v) is 8.23. The molecule has 0 bridgehead atoms. The van der Waals surface area contributed by atoms with Crippen molar-refractivity contribution in [1.82, 2.24) is 10.3 Å². The van der Waals surface area contributed by atoms with Gasteiger partial charge in [-0.15, -0.1) is 11.8 Å². The molecule has 6 heteroatoms. The molecule has 2 heterocycles. The molecule has 1 saturated heterocycles. The van der Waals surface area contributed by atoms with Crippen LogP contribution in [0.3, 0.4) is 0 Å². The zero-order valence-electron chi connectivity index (χ0n) is 10.9. The maximum absolute atomic E-state index is 11.9. The van der Waals surface area contributed by atoms with Crippen LogP contribution in [0.2, 0.25) is 0 Å². The normalized spacial score (nSPS) is 16.3. The Hall–Kier alpha value is -0.590. The number of carbonyl (C=O) groups is 1. The van der Waals surface area contributed by atoms with Crippen LogP contribution in [-0.4, -0.2) is 35.0 Å². The molecule has 104 valence electrons. The van der Waals surface area contributed by atoms with E-state index in [4.69, 9.17) is 0 Å². The van der Waals surface area contributed by atoms with Crippen molar-refractivity contribution in [3.63, 3.8) is 0 Å². The number of aromatic nitrogens is 1. The highest BCUT2D eigenvalue weighted by molar-refractivity contribution is 9.10. The number of aryl methyl sites for hydroxylation is 1. The van der Waals surface area contributed by atoms with E-state index in [0.717, 1.165) is 36.0 Å².